The van der Waals surface area contributed by atoms with Crippen molar-refractivity contribution in [1.82, 2.24) is 14.9 Å². The lowest BCUT2D eigenvalue weighted by Crippen LogP contribution is -2.34. The van der Waals surface area contributed by atoms with Crippen molar-refractivity contribution in [2.45, 2.75) is 30.8 Å². The molecule has 1 unspecified atom stereocenters. The van der Waals surface area contributed by atoms with E-state index in [0.717, 1.165) is 17.4 Å². The van der Waals surface area contributed by atoms with E-state index in [1.54, 1.807) is 11.8 Å². The molecule has 1 aromatic carbocycles. The van der Waals surface area contributed by atoms with Gasteiger partial charge in [0.25, 0.3) is 0 Å². The molecule has 0 fully saturated rings. The summed E-state index contributed by atoms with van der Waals surface area (Å²) < 4.78 is 2.19. The number of aromatic nitrogens is 3. The van der Waals surface area contributed by atoms with Crippen LogP contribution >= 0.6 is 23.5 Å². The Morgan fingerprint density at radius 2 is 2.04 bits per heavy atom. The number of benzene rings is 1. The Bertz CT molecular complexity index is 764. The first-order valence-electron chi connectivity index (χ1n) is 7.73. The van der Waals surface area contributed by atoms with Crippen LogP contribution < -0.4 is 5.01 Å². The van der Waals surface area contributed by atoms with Gasteiger partial charge in [-0.1, -0.05) is 62.0 Å². The Balaban J connectivity index is 1.61. The third kappa shape index (κ3) is 2.81. The van der Waals surface area contributed by atoms with Crippen LogP contribution in [0.1, 0.15) is 25.2 Å². The molecule has 23 heavy (non-hydrogen) atoms. The summed E-state index contributed by atoms with van der Waals surface area (Å²) in [6, 6.07) is 10.4. The Hall–Kier alpha value is -1.66. The summed E-state index contributed by atoms with van der Waals surface area (Å²) in [5, 5.41) is 15.7. The van der Waals surface area contributed by atoms with E-state index in [-0.39, 0.29) is 5.37 Å². The van der Waals surface area contributed by atoms with Crippen LogP contribution in [0.15, 0.2) is 52.0 Å². The zero-order valence-corrected chi connectivity index (χ0v) is 14.7. The molecule has 0 radical (unpaired) electrons. The first-order chi connectivity index (χ1) is 11.2. The predicted octanol–water partition coefficient (Wildman–Crippen LogP) is 4.11. The van der Waals surface area contributed by atoms with Crippen LogP contribution in [0.3, 0.4) is 0 Å². The minimum absolute atomic E-state index is 0.251. The van der Waals surface area contributed by atoms with Crippen LogP contribution in [0.5, 0.6) is 0 Å². The second-order valence-electron chi connectivity index (χ2n) is 6.01. The van der Waals surface area contributed by atoms with E-state index in [9.17, 15) is 0 Å². The highest BCUT2D eigenvalue weighted by molar-refractivity contribution is 8.07. The Labute approximate surface area is 144 Å². The first kappa shape index (κ1) is 14.9. The number of nitrogens with zero attached hydrogens (tertiary/aromatic N) is 4. The smallest absolute Gasteiger partial charge is 0.216 e. The van der Waals surface area contributed by atoms with Crippen LogP contribution in [0, 0.1) is 5.92 Å². The van der Waals surface area contributed by atoms with Gasteiger partial charge in [0, 0.05) is 11.8 Å². The maximum Gasteiger partial charge on any atom is 0.216 e. The topological polar surface area (TPSA) is 34.0 Å². The van der Waals surface area contributed by atoms with Gasteiger partial charge in [0.1, 0.15) is 10.4 Å². The van der Waals surface area contributed by atoms with Gasteiger partial charge in [-0.2, -0.15) is 0 Å². The van der Waals surface area contributed by atoms with Crippen molar-refractivity contribution in [2.75, 3.05) is 5.01 Å². The van der Waals surface area contributed by atoms with Crippen LogP contribution in [0.4, 0.5) is 0 Å². The SMILES string of the molecule is CC(C)Cc1nnc2n1N1C(=CSC1/C=C/c1ccccc1)S2. The van der Waals surface area contributed by atoms with Gasteiger partial charge in [0.2, 0.25) is 5.16 Å². The highest BCUT2D eigenvalue weighted by atomic mass is 32.2. The summed E-state index contributed by atoms with van der Waals surface area (Å²) >= 11 is 3.53. The summed E-state index contributed by atoms with van der Waals surface area (Å²) in [7, 11) is 0. The van der Waals surface area contributed by atoms with Gasteiger partial charge < -0.3 is 0 Å². The fourth-order valence-electron chi connectivity index (χ4n) is 2.69. The van der Waals surface area contributed by atoms with Crippen molar-refractivity contribution in [3.05, 3.63) is 58.2 Å². The lowest BCUT2D eigenvalue weighted by atomic mass is 10.1. The van der Waals surface area contributed by atoms with Crippen LogP contribution in [0.25, 0.3) is 6.08 Å². The fourth-order valence-corrected chi connectivity index (χ4v) is 4.81. The molecule has 1 atom stereocenters. The van der Waals surface area contributed by atoms with Crippen molar-refractivity contribution in [3.63, 3.8) is 0 Å². The molecule has 0 spiro atoms. The standard InChI is InChI=1S/C17H18N4S2/c1-12(2)10-14-18-19-17-20(14)21-15(22-11-16(21)23-17)9-8-13-6-4-3-5-7-13/h3-9,11-12,15H,10H2,1-2H3/b9-8+. The maximum absolute atomic E-state index is 4.38. The van der Waals surface area contributed by atoms with E-state index in [1.807, 2.05) is 17.8 Å². The molecular weight excluding hydrogens is 324 g/mol. The molecule has 4 nitrogen and oxygen atoms in total. The van der Waals surface area contributed by atoms with Crippen LogP contribution in [-0.4, -0.2) is 20.2 Å². The highest BCUT2D eigenvalue weighted by Gasteiger charge is 2.37. The largest absolute Gasteiger partial charge is 0.253 e. The van der Waals surface area contributed by atoms with Crippen LogP contribution in [0.2, 0.25) is 0 Å². The summed E-state index contributed by atoms with van der Waals surface area (Å²) in [6.45, 7) is 4.43. The lowest BCUT2D eigenvalue weighted by Gasteiger charge is -2.23. The third-order valence-corrected chi connectivity index (χ3v) is 5.80. The van der Waals surface area contributed by atoms with Crippen molar-refractivity contribution in [2.24, 2.45) is 5.92 Å². The van der Waals surface area contributed by atoms with Crippen LogP contribution in [-0.2, 0) is 6.42 Å². The summed E-state index contributed by atoms with van der Waals surface area (Å²) in [4.78, 5) is 0. The first-order valence-corrected chi connectivity index (χ1v) is 9.49. The summed E-state index contributed by atoms with van der Waals surface area (Å²) in [5.41, 5.74) is 1.22. The maximum atomic E-state index is 4.38. The van der Waals surface area contributed by atoms with E-state index in [0.29, 0.717) is 5.92 Å². The Kier molecular flexibility index (Phi) is 3.95. The molecule has 6 heteroatoms. The van der Waals surface area contributed by atoms with Gasteiger partial charge in [-0.3, -0.25) is 5.01 Å². The minimum atomic E-state index is 0.251. The van der Waals surface area contributed by atoms with Gasteiger partial charge in [-0.05, 0) is 29.3 Å². The van der Waals surface area contributed by atoms with Gasteiger partial charge in [0.15, 0.2) is 5.82 Å². The monoisotopic (exact) mass is 342 g/mol. The Morgan fingerprint density at radius 1 is 1.22 bits per heavy atom. The number of fused-ring (bicyclic) bond motifs is 3. The Morgan fingerprint density at radius 3 is 2.83 bits per heavy atom. The highest BCUT2D eigenvalue weighted by Crippen LogP contribution is 2.45. The molecule has 0 saturated heterocycles. The third-order valence-electron chi connectivity index (χ3n) is 3.71. The average molecular weight is 342 g/mol. The number of hydrogen-bond acceptors (Lipinski definition) is 5. The zero-order chi connectivity index (χ0) is 15.8. The quantitative estimate of drug-likeness (QED) is 0.835. The zero-order valence-electron chi connectivity index (χ0n) is 13.1. The summed E-state index contributed by atoms with van der Waals surface area (Å²) in [5.74, 6) is 1.61. The molecule has 1 aromatic heterocycles. The molecule has 118 valence electrons. The molecule has 2 aromatic rings. The van der Waals surface area contributed by atoms with E-state index < -0.39 is 0 Å². The molecule has 0 amide bonds. The second-order valence-corrected chi connectivity index (χ2v) is 7.99. The molecule has 0 bridgehead atoms. The average Bonchev–Trinajstić information content (AvgIpc) is 3.18. The van der Waals surface area contributed by atoms with Crippen molar-refractivity contribution in [1.29, 1.82) is 0 Å². The molecule has 0 N–H and O–H groups in total. The molecule has 3 heterocycles. The summed E-state index contributed by atoms with van der Waals surface area (Å²) in [6.07, 6.45) is 5.37. The molecule has 2 aliphatic heterocycles. The van der Waals surface area contributed by atoms with Gasteiger partial charge in [-0.15, -0.1) is 10.2 Å². The number of rotatable bonds is 4. The van der Waals surface area contributed by atoms with E-state index in [2.05, 4.69) is 75.6 Å². The predicted molar refractivity (Wildman–Crippen MR) is 97.6 cm³/mol. The van der Waals surface area contributed by atoms with Crippen molar-refractivity contribution in [3.8, 4) is 0 Å². The normalized spacial score (nSPS) is 19.5. The van der Waals surface area contributed by atoms with Gasteiger partial charge in [0.05, 0.1) is 0 Å². The molecule has 4 rings (SSSR count). The van der Waals surface area contributed by atoms with Crippen molar-refractivity contribution < 1.29 is 0 Å². The second kappa shape index (κ2) is 6.09. The number of thioether (sulfide) groups is 2. The molecule has 0 aliphatic carbocycles. The van der Waals surface area contributed by atoms with Crippen molar-refractivity contribution >= 4 is 29.6 Å². The van der Waals surface area contributed by atoms with Gasteiger partial charge in [-0.25, -0.2) is 4.68 Å². The van der Waals surface area contributed by atoms with E-state index in [1.165, 1.54) is 10.6 Å². The molecular formula is C17H18N4S2. The number of hydrogen-bond donors (Lipinski definition) is 0. The fraction of sp³-hybridized carbons (Fsp3) is 0.294. The molecule has 2 aliphatic rings. The minimum Gasteiger partial charge on any atom is -0.253 e. The molecule has 0 saturated carbocycles. The lowest BCUT2D eigenvalue weighted by molar-refractivity contribution is 0.562. The van der Waals surface area contributed by atoms with Gasteiger partial charge >= 0.3 is 0 Å². The van der Waals surface area contributed by atoms with E-state index >= 15 is 0 Å². The van der Waals surface area contributed by atoms with E-state index in [4.69, 9.17) is 0 Å².